The minimum atomic E-state index is -0.189. The first-order chi connectivity index (χ1) is 8.40. The molecule has 1 aromatic rings. The molecule has 2 rings (SSSR count). The van der Waals surface area contributed by atoms with Gasteiger partial charge in [0, 0.05) is 18.4 Å². The summed E-state index contributed by atoms with van der Waals surface area (Å²) in [5.41, 5.74) is 1.15. The van der Waals surface area contributed by atoms with E-state index >= 15 is 0 Å². The van der Waals surface area contributed by atoms with Crippen molar-refractivity contribution in [3.63, 3.8) is 0 Å². The predicted octanol–water partition coefficient (Wildman–Crippen LogP) is 2.89. The summed E-state index contributed by atoms with van der Waals surface area (Å²) >= 11 is 0. The van der Waals surface area contributed by atoms with Gasteiger partial charge in [-0.15, -0.1) is 0 Å². The van der Waals surface area contributed by atoms with Crippen LogP contribution in [-0.4, -0.2) is 24.4 Å². The van der Waals surface area contributed by atoms with Crippen molar-refractivity contribution in [2.24, 2.45) is 0 Å². The Morgan fingerprint density at radius 2 is 1.89 bits per heavy atom. The van der Waals surface area contributed by atoms with E-state index in [0.717, 1.165) is 29.9 Å². The topological polar surface area (TPSA) is 38.7 Å². The van der Waals surface area contributed by atoms with E-state index in [0.29, 0.717) is 0 Å². The molecule has 3 nitrogen and oxygen atoms in total. The van der Waals surface area contributed by atoms with E-state index in [4.69, 9.17) is 9.47 Å². The molecule has 1 saturated carbocycles. The summed E-state index contributed by atoms with van der Waals surface area (Å²) in [5.74, 6) is 1.75. The van der Waals surface area contributed by atoms with Crippen LogP contribution >= 0.6 is 0 Å². The Morgan fingerprint density at radius 3 is 2.39 bits per heavy atom. The molecule has 0 aromatic heterocycles. The van der Waals surface area contributed by atoms with Crippen LogP contribution in [0, 0.1) is 0 Å². The van der Waals surface area contributed by atoms with Gasteiger partial charge in [0.25, 0.3) is 0 Å². The van der Waals surface area contributed by atoms with E-state index < -0.39 is 0 Å². The lowest BCUT2D eigenvalue weighted by Crippen LogP contribution is -2.37. The maximum Gasteiger partial charge on any atom is 0.123 e. The number of aliphatic hydroxyl groups is 1. The monoisotopic (exact) mass is 250 g/mol. The number of ether oxygens (including phenoxy) is 2. The predicted molar refractivity (Wildman–Crippen MR) is 71.4 cm³/mol. The maximum atomic E-state index is 9.31. The van der Waals surface area contributed by atoms with Gasteiger partial charge < -0.3 is 14.6 Å². The molecule has 1 N–H and O–H groups in total. The fraction of sp³-hybridized carbons (Fsp3) is 0.600. The SMILES string of the molecule is COc1ccc(OC2CC(O)C2)c(C(C)(C)C)c1. The van der Waals surface area contributed by atoms with Gasteiger partial charge in [-0.05, 0) is 23.6 Å². The average molecular weight is 250 g/mol. The Labute approximate surface area is 109 Å². The zero-order valence-corrected chi connectivity index (χ0v) is 11.6. The number of hydrogen-bond donors (Lipinski definition) is 1. The molecule has 100 valence electrons. The van der Waals surface area contributed by atoms with Crippen molar-refractivity contribution >= 4 is 0 Å². The smallest absolute Gasteiger partial charge is 0.123 e. The van der Waals surface area contributed by atoms with Gasteiger partial charge in [0.2, 0.25) is 0 Å². The van der Waals surface area contributed by atoms with Gasteiger partial charge in [-0.2, -0.15) is 0 Å². The number of aliphatic hydroxyl groups excluding tert-OH is 1. The second-order valence-corrected chi connectivity index (χ2v) is 5.98. The summed E-state index contributed by atoms with van der Waals surface area (Å²) in [7, 11) is 1.67. The molecular weight excluding hydrogens is 228 g/mol. The van der Waals surface area contributed by atoms with E-state index in [1.54, 1.807) is 7.11 Å². The molecule has 0 aliphatic heterocycles. The van der Waals surface area contributed by atoms with Crippen LogP contribution in [0.4, 0.5) is 0 Å². The molecule has 0 saturated heterocycles. The van der Waals surface area contributed by atoms with Crippen LogP contribution in [0.5, 0.6) is 11.5 Å². The molecule has 0 heterocycles. The number of rotatable bonds is 3. The van der Waals surface area contributed by atoms with Crippen LogP contribution in [0.15, 0.2) is 18.2 Å². The van der Waals surface area contributed by atoms with Crippen LogP contribution in [0.2, 0.25) is 0 Å². The van der Waals surface area contributed by atoms with Crippen molar-refractivity contribution in [3.8, 4) is 11.5 Å². The Hall–Kier alpha value is -1.22. The van der Waals surface area contributed by atoms with Crippen molar-refractivity contribution in [1.82, 2.24) is 0 Å². The molecule has 0 bridgehead atoms. The Bertz CT molecular complexity index is 414. The maximum absolute atomic E-state index is 9.31. The van der Waals surface area contributed by atoms with Crippen LogP contribution in [0.3, 0.4) is 0 Å². The highest BCUT2D eigenvalue weighted by molar-refractivity contribution is 5.44. The standard InChI is InChI=1S/C15H22O3/c1-15(2,3)13-9-11(17-4)5-6-14(13)18-12-7-10(16)8-12/h5-6,9-10,12,16H,7-8H2,1-4H3. The molecule has 0 atom stereocenters. The van der Waals surface area contributed by atoms with Gasteiger partial charge in [0.1, 0.15) is 17.6 Å². The molecule has 0 radical (unpaired) electrons. The molecule has 3 heteroatoms. The highest BCUT2D eigenvalue weighted by Gasteiger charge is 2.30. The average Bonchev–Trinajstić information content (AvgIpc) is 2.26. The van der Waals surface area contributed by atoms with E-state index in [2.05, 4.69) is 20.8 Å². The Kier molecular flexibility index (Phi) is 3.53. The fourth-order valence-corrected chi connectivity index (χ4v) is 2.14. The third-order valence-corrected chi connectivity index (χ3v) is 3.36. The lowest BCUT2D eigenvalue weighted by Gasteiger charge is -2.33. The largest absolute Gasteiger partial charge is 0.497 e. The lowest BCUT2D eigenvalue weighted by molar-refractivity contribution is -0.0115. The summed E-state index contributed by atoms with van der Waals surface area (Å²) in [6.07, 6.45) is 1.42. The zero-order chi connectivity index (χ0) is 13.3. The molecule has 1 aromatic carbocycles. The number of benzene rings is 1. The highest BCUT2D eigenvalue weighted by Crippen LogP contribution is 2.36. The molecule has 18 heavy (non-hydrogen) atoms. The minimum absolute atomic E-state index is 0.00619. The van der Waals surface area contributed by atoms with E-state index in [-0.39, 0.29) is 17.6 Å². The highest BCUT2D eigenvalue weighted by atomic mass is 16.5. The van der Waals surface area contributed by atoms with Gasteiger partial charge in [0.05, 0.1) is 13.2 Å². The van der Waals surface area contributed by atoms with Gasteiger partial charge in [0.15, 0.2) is 0 Å². The summed E-state index contributed by atoms with van der Waals surface area (Å²) in [4.78, 5) is 0. The molecule has 0 unspecified atom stereocenters. The van der Waals surface area contributed by atoms with Gasteiger partial charge in [-0.25, -0.2) is 0 Å². The van der Waals surface area contributed by atoms with E-state index in [1.807, 2.05) is 18.2 Å². The second-order valence-electron chi connectivity index (χ2n) is 5.98. The quantitative estimate of drug-likeness (QED) is 0.896. The summed E-state index contributed by atoms with van der Waals surface area (Å²) in [6, 6.07) is 5.91. The first-order valence-corrected chi connectivity index (χ1v) is 6.43. The molecule has 0 spiro atoms. The normalized spacial score (nSPS) is 23.4. The number of hydrogen-bond acceptors (Lipinski definition) is 3. The van der Waals surface area contributed by atoms with Crippen molar-refractivity contribution in [3.05, 3.63) is 23.8 Å². The van der Waals surface area contributed by atoms with E-state index in [1.165, 1.54) is 0 Å². The third-order valence-electron chi connectivity index (χ3n) is 3.36. The fourth-order valence-electron chi connectivity index (χ4n) is 2.14. The zero-order valence-electron chi connectivity index (χ0n) is 11.6. The minimum Gasteiger partial charge on any atom is -0.497 e. The molecular formula is C15H22O3. The van der Waals surface area contributed by atoms with Crippen molar-refractivity contribution in [2.75, 3.05) is 7.11 Å². The molecule has 1 fully saturated rings. The molecule has 1 aliphatic carbocycles. The van der Waals surface area contributed by atoms with Crippen molar-refractivity contribution in [1.29, 1.82) is 0 Å². The first kappa shape index (κ1) is 13.2. The van der Waals surface area contributed by atoms with Crippen molar-refractivity contribution in [2.45, 2.75) is 51.2 Å². The van der Waals surface area contributed by atoms with Gasteiger partial charge in [-0.1, -0.05) is 20.8 Å². The Morgan fingerprint density at radius 1 is 1.22 bits per heavy atom. The van der Waals surface area contributed by atoms with Crippen LogP contribution in [0.25, 0.3) is 0 Å². The van der Waals surface area contributed by atoms with Crippen LogP contribution < -0.4 is 9.47 Å². The summed E-state index contributed by atoms with van der Waals surface area (Å²) in [6.45, 7) is 6.47. The van der Waals surface area contributed by atoms with Crippen molar-refractivity contribution < 1.29 is 14.6 Å². The lowest BCUT2D eigenvalue weighted by atomic mass is 9.85. The second kappa shape index (κ2) is 4.81. The summed E-state index contributed by atoms with van der Waals surface area (Å²) < 4.78 is 11.2. The molecule has 0 amide bonds. The first-order valence-electron chi connectivity index (χ1n) is 6.43. The number of methoxy groups -OCH3 is 1. The molecule has 1 aliphatic rings. The van der Waals surface area contributed by atoms with E-state index in [9.17, 15) is 5.11 Å². The van der Waals surface area contributed by atoms with Gasteiger partial charge in [-0.3, -0.25) is 0 Å². The van der Waals surface area contributed by atoms with Crippen LogP contribution in [0.1, 0.15) is 39.2 Å². The summed E-state index contributed by atoms with van der Waals surface area (Å²) in [5, 5.41) is 9.31. The third kappa shape index (κ3) is 2.78. The van der Waals surface area contributed by atoms with Crippen LogP contribution in [-0.2, 0) is 5.41 Å². The Balaban J connectivity index is 2.22. The van der Waals surface area contributed by atoms with Gasteiger partial charge >= 0.3 is 0 Å².